The van der Waals surface area contributed by atoms with Gasteiger partial charge in [0.1, 0.15) is 5.02 Å². The summed E-state index contributed by atoms with van der Waals surface area (Å²) in [6.07, 6.45) is -0.317. The highest BCUT2D eigenvalue weighted by Gasteiger charge is 2.33. The van der Waals surface area contributed by atoms with Crippen molar-refractivity contribution in [1.29, 1.82) is 0 Å². The second kappa shape index (κ2) is 7.51. The van der Waals surface area contributed by atoms with Crippen LogP contribution in [-0.2, 0) is 6.18 Å². The minimum atomic E-state index is -4.51. The van der Waals surface area contributed by atoms with Gasteiger partial charge in [-0.05, 0) is 36.5 Å². The van der Waals surface area contributed by atoms with Crippen LogP contribution in [0.2, 0.25) is 5.02 Å². The number of anilines is 1. The largest absolute Gasteiger partial charge is 0.417 e. The fourth-order valence-electron chi connectivity index (χ4n) is 3.11. The van der Waals surface area contributed by atoms with E-state index in [9.17, 15) is 18.0 Å². The average molecular weight is 421 g/mol. The molecule has 0 saturated heterocycles. The maximum atomic E-state index is 12.7. The number of hydrogen-bond donors (Lipinski definition) is 1. The summed E-state index contributed by atoms with van der Waals surface area (Å²) in [7, 11) is 0. The van der Waals surface area contributed by atoms with Gasteiger partial charge in [0.05, 0.1) is 23.5 Å². The Hall–Kier alpha value is -2.87. The third kappa shape index (κ3) is 4.12. The van der Waals surface area contributed by atoms with Crippen LogP contribution in [0.5, 0.6) is 0 Å². The van der Waals surface area contributed by atoms with Crippen molar-refractivity contribution in [2.75, 3.05) is 5.32 Å². The summed E-state index contributed by atoms with van der Waals surface area (Å²) in [5.74, 6) is 0.394. The van der Waals surface area contributed by atoms with Crippen LogP contribution in [0.1, 0.15) is 30.0 Å². The van der Waals surface area contributed by atoms with E-state index in [0.717, 1.165) is 35.2 Å². The third-order valence-electron chi connectivity index (χ3n) is 4.77. The van der Waals surface area contributed by atoms with Crippen LogP contribution in [0.25, 0.3) is 5.82 Å². The highest BCUT2D eigenvalue weighted by molar-refractivity contribution is 6.33. The van der Waals surface area contributed by atoms with Gasteiger partial charge in [-0.25, -0.2) is 4.98 Å². The smallest absolute Gasteiger partial charge is 0.375 e. The van der Waals surface area contributed by atoms with E-state index in [1.807, 2.05) is 30.3 Å². The van der Waals surface area contributed by atoms with E-state index < -0.39 is 17.3 Å². The predicted molar refractivity (Wildman–Crippen MR) is 103 cm³/mol. The minimum absolute atomic E-state index is 0.00468. The van der Waals surface area contributed by atoms with Gasteiger partial charge in [0.25, 0.3) is 5.56 Å². The number of aromatic nitrogens is 3. The van der Waals surface area contributed by atoms with Gasteiger partial charge in [0.2, 0.25) is 0 Å². The Kier molecular flexibility index (Phi) is 5.04. The number of benzene rings is 1. The number of alkyl halides is 3. The lowest BCUT2D eigenvalue weighted by Crippen LogP contribution is -2.25. The molecule has 2 aromatic heterocycles. The zero-order chi connectivity index (χ0) is 20.6. The van der Waals surface area contributed by atoms with Gasteiger partial charge in [0.15, 0.2) is 5.82 Å². The molecule has 29 heavy (non-hydrogen) atoms. The van der Waals surface area contributed by atoms with Gasteiger partial charge in [-0.2, -0.15) is 23.0 Å². The summed E-state index contributed by atoms with van der Waals surface area (Å²) in [6.45, 7) is 0. The lowest BCUT2D eigenvalue weighted by Gasteiger charge is -2.20. The van der Waals surface area contributed by atoms with Gasteiger partial charge in [-0.15, -0.1) is 0 Å². The van der Waals surface area contributed by atoms with Crippen LogP contribution < -0.4 is 10.9 Å². The van der Waals surface area contributed by atoms with E-state index in [1.165, 1.54) is 6.20 Å². The molecule has 9 heteroatoms. The first kappa shape index (κ1) is 19.4. The third-order valence-corrected chi connectivity index (χ3v) is 5.14. The van der Waals surface area contributed by atoms with E-state index in [0.29, 0.717) is 17.8 Å². The Balaban J connectivity index is 1.63. The topological polar surface area (TPSA) is 59.8 Å². The monoisotopic (exact) mass is 420 g/mol. The van der Waals surface area contributed by atoms with E-state index in [4.69, 9.17) is 11.6 Å². The van der Waals surface area contributed by atoms with Gasteiger partial charge >= 0.3 is 6.18 Å². The predicted octanol–water partition coefficient (Wildman–Crippen LogP) is 4.86. The fraction of sp³-hybridized carbons (Fsp3) is 0.250. The molecule has 1 aromatic carbocycles. The molecule has 0 spiro atoms. The van der Waals surface area contributed by atoms with Crippen molar-refractivity contribution >= 4 is 17.3 Å². The maximum absolute atomic E-state index is 12.7. The molecular formula is C20H16ClF3N4O. The van der Waals surface area contributed by atoms with Crippen LogP contribution in [0, 0.1) is 5.92 Å². The maximum Gasteiger partial charge on any atom is 0.417 e. The van der Waals surface area contributed by atoms with Gasteiger partial charge in [-0.1, -0.05) is 41.9 Å². The lowest BCUT2D eigenvalue weighted by atomic mass is 10.0. The van der Waals surface area contributed by atoms with Crippen LogP contribution in [0.15, 0.2) is 59.7 Å². The molecule has 5 nitrogen and oxygen atoms in total. The number of pyridine rings is 1. The molecular weight excluding hydrogens is 405 g/mol. The van der Waals surface area contributed by atoms with Crippen molar-refractivity contribution in [3.63, 3.8) is 0 Å². The molecule has 2 heterocycles. The van der Waals surface area contributed by atoms with Crippen molar-refractivity contribution in [2.45, 2.75) is 25.1 Å². The van der Waals surface area contributed by atoms with Crippen molar-refractivity contribution in [2.24, 2.45) is 5.92 Å². The molecule has 0 radical (unpaired) electrons. The van der Waals surface area contributed by atoms with Gasteiger partial charge < -0.3 is 5.32 Å². The fourth-order valence-corrected chi connectivity index (χ4v) is 3.29. The van der Waals surface area contributed by atoms with Crippen molar-refractivity contribution in [3.05, 3.63) is 81.4 Å². The lowest BCUT2D eigenvalue weighted by molar-refractivity contribution is -0.137. The Morgan fingerprint density at radius 3 is 2.41 bits per heavy atom. The molecule has 1 aliphatic carbocycles. The zero-order valence-corrected chi connectivity index (χ0v) is 15.8. The summed E-state index contributed by atoms with van der Waals surface area (Å²) in [5.41, 5.74) is -0.111. The van der Waals surface area contributed by atoms with E-state index in [-0.39, 0.29) is 16.9 Å². The summed E-state index contributed by atoms with van der Waals surface area (Å²) in [6, 6.07) is 11.7. The first-order valence-electron chi connectivity index (χ1n) is 8.97. The number of halogens is 4. The molecule has 150 valence electrons. The SMILES string of the molecule is O=c1c(Cl)c(NC(c2ccccc2)C2CC2)cnn1-c1ccc(C(F)(F)F)cn1. The molecule has 1 aliphatic rings. The van der Waals surface area contributed by atoms with Crippen LogP contribution in [0.3, 0.4) is 0 Å². The first-order valence-corrected chi connectivity index (χ1v) is 9.35. The Bertz CT molecular complexity index is 1060. The number of hydrogen-bond acceptors (Lipinski definition) is 4. The molecule has 1 saturated carbocycles. The molecule has 0 bridgehead atoms. The van der Waals surface area contributed by atoms with Gasteiger partial charge in [0, 0.05) is 6.20 Å². The van der Waals surface area contributed by atoms with Gasteiger partial charge in [-0.3, -0.25) is 4.79 Å². The van der Waals surface area contributed by atoms with E-state index in [1.54, 1.807) is 0 Å². The second-order valence-corrected chi connectivity index (χ2v) is 7.24. The van der Waals surface area contributed by atoms with Crippen molar-refractivity contribution in [3.8, 4) is 5.82 Å². The van der Waals surface area contributed by atoms with Crippen molar-refractivity contribution in [1.82, 2.24) is 14.8 Å². The molecule has 1 N–H and O–H groups in total. The second-order valence-electron chi connectivity index (χ2n) is 6.86. The molecule has 0 aliphatic heterocycles. The van der Waals surface area contributed by atoms with Crippen LogP contribution >= 0.6 is 11.6 Å². The molecule has 3 aromatic rings. The quantitative estimate of drug-likeness (QED) is 0.640. The Morgan fingerprint density at radius 2 is 1.83 bits per heavy atom. The standard InChI is InChI=1S/C20H16ClF3N4O/c21-17-15(27-18(13-6-7-13)12-4-2-1-3-5-12)11-26-28(19(17)29)16-9-8-14(10-25-16)20(22,23)24/h1-5,8-11,13,18,27H,6-7H2. The summed E-state index contributed by atoms with van der Waals surface area (Å²) < 4.78 is 39.0. The van der Waals surface area contributed by atoms with Crippen LogP contribution in [0.4, 0.5) is 18.9 Å². The normalized spacial score (nSPS) is 15.2. The molecule has 1 atom stereocenters. The Labute approximate surface area is 169 Å². The molecule has 0 amide bonds. The zero-order valence-electron chi connectivity index (χ0n) is 15.0. The first-order chi connectivity index (χ1) is 13.8. The highest BCUT2D eigenvalue weighted by atomic mass is 35.5. The number of rotatable bonds is 5. The Morgan fingerprint density at radius 1 is 1.10 bits per heavy atom. The highest BCUT2D eigenvalue weighted by Crippen LogP contribution is 2.43. The van der Waals surface area contributed by atoms with Crippen molar-refractivity contribution < 1.29 is 13.2 Å². The summed E-state index contributed by atoms with van der Waals surface area (Å²) in [5, 5.41) is 7.24. The summed E-state index contributed by atoms with van der Waals surface area (Å²) in [4.78, 5) is 16.3. The molecule has 4 rings (SSSR count). The van der Waals surface area contributed by atoms with E-state index in [2.05, 4.69) is 15.4 Å². The molecule has 1 unspecified atom stereocenters. The van der Waals surface area contributed by atoms with E-state index >= 15 is 0 Å². The average Bonchev–Trinajstić information content (AvgIpc) is 3.54. The number of nitrogens with one attached hydrogen (secondary N) is 1. The van der Waals surface area contributed by atoms with Crippen LogP contribution in [-0.4, -0.2) is 14.8 Å². The molecule has 1 fully saturated rings. The summed E-state index contributed by atoms with van der Waals surface area (Å²) >= 11 is 6.27. The number of nitrogens with zero attached hydrogens (tertiary/aromatic N) is 3. The minimum Gasteiger partial charge on any atom is -0.375 e.